The molecular weight excluding hydrogens is 424 g/mol. The molecule has 0 bridgehead atoms. The van der Waals surface area contributed by atoms with Crippen LogP contribution in [0.2, 0.25) is 0 Å². The molecule has 3 aromatic rings. The summed E-state index contributed by atoms with van der Waals surface area (Å²) < 4.78 is 17.2. The van der Waals surface area contributed by atoms with Crippen LogP contribution in [-0.4, -0.2) is 19.2 Å². The Balaban J connectivity index is 1.86. The molecule has 0 aliphatic rings. The van der Waals surface area contributed by atoms with Gasteiger partial charge in [0.15, 0.2) is 0 Å². The summed E-state index contributed by atoms with van der Waals surface area (Å²) in [6.07, 6.45) is 2.89. The van der Waals surface area contributed by atoms with Gasteiger partial charge in [-0.15, -0.1) is 0 Å². The van der Waals surface area contributed by atoms with Crippen molar-refractivity contribution in [2.75, 3.05) is 13.2 Å². The quantitative estimate of drug-likeness (QED) is 0.395. The number of carbonyl (C=O) groups is 1. The van der Waals surface area contributed by atoms with E-state index in [2.05, 4.69) is 15.9 Å². The van der Waals surface area contributed by atoms with Gasteiger partial charge in [-0.25, -0.2) is 4.79 Å². The van der Waals surface area contributed by atoms with Gasteiger partial charge >= 0.3 is 5.97 Å². The van der Waals surface area contributed by atoms with Gasteiger partial charge in [0.2, 0.25) is 5.43 Å². The van der Waals surface area contributed by atoms with E-state index >= 15 is 0 Å². The Kier molecular flexibility index (Phi) is 6.31. The highest BCUT2D eigenvalue weighted by Crippen LogP contribution is 2.27. The third-order valence-corrected chi connectivity index (χ3v) is 4.59. The first-order valence-corrected chi connectivity index (χ1v) is 9.58. The topological polar surface area (TPSA) is 65.7 Å². The SMILES string of the molecule is CCOC(=O)C=CCOc1ccc2c(=O)c(-c3ccc(Br)cc3)c(C)oc2c1. The lowest BCUT2D eigenvalue weighted by molar-refractivity contribution is -0.137. The highest BCUT2D eigenvalue weighted by Gasteiger charge is 2.14. The van der Waals surface area contributed by atoms with Crippen molar-refractivity contribution in [1.29, 1.82) is 0 Å². The average molecular weight is 443 g/mol. The van der Waals surface area contributed by atoms with Crippen molar-refractivity contribution in [1.82, 2.24) is 0 Å². The minimum atomic E-state index is -0.410. The number of rotatable bonds is 6. The Bertz CT molecular complexity index is 1080. The Morgan fingerprint density at radius 1 is 1.18 bits per heavy atom. The van der Waals surface area contributed by atoms with Crippen LogP contribution < -0.4 is 10.2 Å². The van der Waals surface area contributed by atoms with Crippen LogP contribution in [0.5, 0.6) is 5.75 Å². The average Bonchev–Trinajstić information content (AvgIpc) is 2.67. The largest absolute Gasteiger partial charge is 0.489 e. The highest BCUT2D eigenvalue weighted by atomic mass is 79.9. The van der Waals surface area contributed by atoms with Crippen LogP contribution in [0.3, 0.4) is 0 Å². The summed E-state index contributed by atoms with van der Waals surface area (Å²) in [6.45, 7) is 4.04. The summed E-state index contributed by atoms with van der Waals surface area (Å²) in [5.74, 6) is 0.672. The fourth-order valence-corrected chi connectivity index (χ4v) is 3.07. The normalized spacial score (nSPS) is 11.1. The van der Waals surface area contributed by atoms with Gasteiger partial charge in [0.05, 0.1) is 17.6 Å². The molecule has 0 aliphatic carbocycles. The number of halogens is 1. The summed E-state index contributed by atoms with van der Waals surface area (Å²) in [5, 5.41) is 0.484. The maximum atomic E-state index is 13.0. The molecule has 0 spiro atoms. The summed E-state index contributed by atoms with van der Waals surface area (Å²) in [4.78, 5) is 24.2. The second-order valence-electron chi connectivity index (χ2n) is 5.99. The summed E-state index contributed by atoms with van der Waals surface area (Å²) in [5.41, 5.74) is 1.72. The molecule has 28 heavy (non-hydrogen) atoms. The summed E-state index contributed by atoms with van der Waals surface area (Å²) >= 11 is 3.40. The predicted molar refractivity (Wildman–Crippen MR) is 112 cm³/mol. The molecule has 0 atom stereocenters. The molecule has 0 saturated carbocycles. The number of aryl methyl sites for hydroxylation is 1. The number of esters is 1. The molecule has 144 valence electrons. The van der Waals surface area contributed by atoms with Crippen LogP contribution in [0.1, 0.15) is 12.7 Å². The number of hydrogen-bond donors (Lipinski definition) is 0. The van der Waals surface area contributed by atoms with Gasteiger partial charge in [-0.05, 0) is 49.8 Å². The summed E-state index contributed by atoms with van der Waals surface area (Å²) in [6, 6.07) is 12.6. The molecule has 0 amide bonds. The standard InChI is InChI=1S/C22H19BrO5/c1-3-26-20(24)5-4-12-27-17-10-11-18-19(13-17)28-14(2)21(22(18)25)15-6-8-16(23)9-7-15/h4-11,13H,3,12H2,1-2H3. The molecule has 5 nitrogen and oxygen atoms in total. The maximum absolute atomic E-state index is 13.0. The molecule has 0 fully saturated rings. The van der Waals surface area contributed by atoms with Crippen molar-refractivity contribution in [3.63, 3.8) is 0 Å². The van der Waals surface area contributed by atoms with Crippen LogP contribution in [0.15, 0.2) is 68.3 Å². The number of benzene rings is 2. The minimum absolute atomic E-state index is 0.0881. The fourth-order valence-electron chi connectivity index (χ4n) is 2.80. The first kappa shape index (κ1) is 19.9. The molecule has 1 heterocycles. The van der Waals surface area contributed by atoms with Crippen molar-refractivity contribution in [2.24, 2.45) is 0 Å². The van der Waals surface area contributed by atoms with Crippen molar-refractivity contribution in [3.05, 3.63) is 75.1 Å². The molecule has 2 aromatic carbocycles. The van der Waals surface area contributed by atoms with E-state index in [-0.39, 0.29) is 12.0 Å². The first-order valence-electron chi connectivity index (χ1n) is 8.79. The Morgan fingerprint density at radius 2 is 1.93 bits per heavy atom. The van der Waals surface area contributed by atoms with Gasteiger partial charge in [-0.1, -0.05) is 28.1 Å². The van der Waals surface area contributed by atoms with Gasteiger partial charge in [-0.2, -0.15) is 0 Å². The molecule has 1 aromatic heterocycles. The van der Waals surface area contributed by atoms with Crippen molar-refractivity contribution in [3.8, 4) is 16.9 Å². The molecule has 0 N–H and O–H groups in total. The molecule has 0 radical (unpaired) electrons. The van der Waals surface area contributed by atoms with E-state index in [4.69, 9.17) is 13.9 Å². The third kappa shape index (κ3) is 4.51. The van der Waals surface area contributed by atoms with Crippen molar-refractivity contribution >= 4 is 32.9 Å². The van der Waals surface area contributed by atoms with Crippen LogP contribution in [0.4, 0.5) is 0 Å². The van der Waals surface area contributed by atoms with E-state index in [9.17, 15) is 9.59 Å². The van der Waals surface area contributed by atoms with Crippen molar-refractivity contribution in [2.45, 2.75) is 13.8 Å². The first-order chi connectivity index (χ1) is 13.5. The van der Waals surface area contributed by atoms with E-state index in [1.165, 1.54) is 6.08 Å². The van der Waals surface area contributed by atoms with Crippen LogP contribution >= 0.6 is 15.9 Å². The maximum Gasteiger partial charge on any atom is 0.330 e. The Labute approximate surface area is 170 Å². The number of hydrogen-bond acceptors (Lipinski definition) is 5. The lowest BCUT2D eigenvalue weighted by atomic mass is 10.0. The number of ether oxygens (including phenoxy) is 2. The van der Waals surface area contributed by atoms with E-state index in [1.54, 1.807) is 38.1 Å². The zero-order valence-electron chi connectivity index (χ0n) is 15.5. The zero-order valence-corrected chi connectivity index (χ0v) is 17.1. The van der Waals surface area contributed by atoms with Gasteiger partial charge in [0.25, 0.3) is 0 Å². The van der Waals surface area contributed by atoms with E-state index < -0.39 is 5.97 Å². The lowest BCUT2D eigenvalue weighted by Crippen LogP contribution is -2.07. The fraction of sp³-hybridized carbons (Fsp3) is 0.182. The van der Waals surface area contributed by atoms with Crippen LogP contribution in [0.25, 0.3) is 22.1 Å². The molecule has 0 unspecified atom stereocenters. The van der Waals surface area contributed by atoms with Gasteiger partial charge in [0, 0.05) is 16.6 Å². The molecule has 0 aliphatic heterocycles. The second-order valence-corrected chi connectivity index (χ2v) is 6.91. The van der Waals surface area contributed by atoms with Gasteiger partial charge in [0.1, 0.15) is 23.7 Å². The number of carbonyl (C=O) groups excluding carboxylic acids is 1. The smallest absolute Gasteiger partial charge is 0.330 e. The number of fused-ring (bicyclic) bond motifs is 1. The second kappa shape index (κ2) is 8.89. The minimum Gasteiger partial charge on any atom is -0.489 e. The van der Waals surface area contributed by atoms with Gasteiger partial charge < -0.3 is 13.9 Å². The van der Waals surface area contributed by atoms with E-state index in [0.29, 0.717) is 34.6 Å². The molecule has 3 rings (SSSR count). The monoisotopic (exact) mass is 442 g/mol. The zero-order chi connectivity index (χ0) is 20.1. The van der Waals surface area contributed by atoms with Gasteiger partial charge in [-0.3, -0.25) is 4.79 Å². The van der Waals surface area contributed by atoms with Crippen molar-refractivity contribution < 1.29 is 18.7 Å². The summed E-state index contributed by atoms with van der Waals surface area (Å²) in [7, 11) is 0. The predicted octanol–water partition coefficient (Wildman–Crippen LogP) is 5.03. The molecule has 0 saturated heterocycles. The molecule has 6 heteroatoms. The Hall–Kier alpha value is -2.86. The van der Waals surface area contributed by atoms with E-state index in [1.807, 2.05) is 24.3 Å². The highest BCUT2D eigenvalue weighted by molar-refractivity contribution is 9.10. The van der Waals surface area contributed by atoms with E-state index in [0.717, 1.165) is 10.0 Å². The third-order valence-electron chi connectivity index (χ3n) is 4.06. The van der Waals surface area contributed by atoms with Crippen LogP contribution in [-0.2, 0) is 9.53 Å². The lowest BCUT2D eigenvalue weighted by Gasteiger charge is -2.09. The van der Waals surface area contributed by atoms with Crippen LogP contribution in [0, 0.1) is 6.92 Å². The molecular formula is C22H19BrO5. The Morgan fingerprint density at radius 3 is 2.64 bits per heavy atom.